The molecular formula is C12H21NO4S2. The normalized spacial score (nSPS) is 15.1. The number of carbonyl (C=O) groups excluding carboxylic acids is 1. The van der Waals surface area contributed by atoms with Crippen LogP contribution in [0, 0.1) is 5.92 Å². The molecule has 0 spiro atoms. The highest BCUT2D eigenvalue weighted by atomic mass is 32.1. The fourth-order valence-corrected chi connectivity index (χ4v) is 2.23. The Morgan fingerprint density at radius 1 is 1.26 bits per heavy atom. The quantitative estimate of drug-likeness (QED) is 0.469. The maximum Gasteiger partial charge on any atom is 0.329 e. The molecule has 1 fully saturated rings. The van der Waals surface area contributed by atoms with Crippen LogP contribution in [0.25, 0.3) is 0 Å². The van der Waals surface area contributed by atoms with Gasteiger partial charge in [-0.25, -0.2) is 4.79 Å². The zero-order valence-electron chi connectivity index (χ0n) is 10.8. The minimum Gasteiger partial charge on any atom is -0.480 e. The molecule has 19 heavy (non-hydrogen) atoms. The Labute approximate surface area is 124 Å². The topological polar surface area (TPSA) is 86.6 Å². The summed E-state index contributed by atoms with van der Waals surface area (Å²) in [6, 6.07) is 0. The molecule has 0 aromatic rings. The van der Waals surface area contributed by atoms with Crippen LogP contribution in [0.1, 0.15) is 44.9 Å². The maximum absolute atomic E-state index is 11.2. The molecule has 0 aliphatic heterocycles. The van der Waals surface area contributed by atoms with Crippen LogP contribution in [-0.2, 0) is 9.59 Å². The van der Waals surface area contributed by atoms with E-state index in [1.54, 1.807) is 0 Å². The molecule has 5 nitrogen and oxygen atoms in total. The second-order valence-electron chi connectivity index (χ2n) is 4.45. The molecular weight excluding hydrogens is 286 g/mol. The molecule has 1 amide bonds. The van der Waals surface area contributed by atoms with Gasteiger partial charge in [-0.1, -0.05) is 44.3 Å². The van der Waals surface area contributed by atoms with E-state index in [0.717, 1.165) is 12.3 Å². The van der Waals surface area contributed by atoms with E-state index < -0.39 is 12.6 Å². The number of hydrogen-bond acceptors (Lipinski definition) is 4. The SMILES string of the molecule is O=C(CCC1CCCCC1)NC(=S)S.O=C(O)CO. The number of aliphatic hydroxyl groups is 1. The van der Waals surface area contributed by atoms with E-state index in [1.807, 2.05) is 0 Å². The first kappa shape index (κ1) is 18.3. The summed E-state index contributed by atoms with van der Waals surface area (Å²) in [5, 5.41) is 17.6. The number of hydrogen-bond donors (Lipinski definition) is 4. The van der Waals surface area contributed by atoms with Crippen molar-refractivity contribution in [3.63, 3.8) is 0 Å². The number of carboxylic acid groups (broad SMARTS) is 1. The molecule has 7 heteroatoms. The molecule has 110 valence electrons. The summed E-state index contributed by atoms with van der Waals surface area (Å²) < 4.78 is 0.277. The molecule has 0 atom stereocenters. The Hall–Kier alpha value is -0.660. The van der Waals surface area contributed by atoms with Crippen LogP contribution < -0.4 is 5.32 Å². The molecule has 0 radical (unpaired) electrons. The lowest BCUT2D eigenvalue weighted by Gasteiger charge is -2.20. The smallest absolute Gasteiger partial charge is 0.329 e. The first-order valence-corrected chi connectivity index (χ1v) is 7.16. The minimum atomic E-state index is -1.19. The molecule has 3 N–H and O–H groups in total. The average molecular weight is 307 g/mol. The van der Waals surface area contributed by atoms with Crippen LogP contribution >= 0.6 is 24.8 Å². The highest BCUT2D eigenvalue weighted by molar-refractivity contribution is 8.11. The van der Waals surface area contributed by atoms with Crippen molar-refractivity contribution < 1.29 is 19.8 Å². The van der Waals surface area contributed by atoms with Crippen LogP contribution in [0.5, 0.6) is 0 Å². The van der Waals surface area contributed by atoms with Gasteiger partial charge in [-0.15, -0.1) is 12.6 Å². The Morgan fingerprint density at radius 2 is 1.79 bits per heavy atom. The van der Waals surface area contributed by atoms with Gasteiger partial charge in [0.15, 0.2) is 0 Å². The number of amides is 1. The maximum atomic E-state index is 11.2. The molecule has 0 unspecified atom stereocenters. The van der Waals surface area contributed by atoms with Crippen molar-refractivity contribution in [2.24, 2.45) is 5.92 Å². The van der Waals surface area contributed by atoms with E-state index in [2.05, 4.69) is 30.2 Å². The number of aliphatic hydroxyl groups excluding tert-OH is 1. The standard InChI is InChI=1S/C10H17NOS2.C2H4O3/c12-9(11-10(13)14)7-6-8-4-2-1-3-5-8;3-1-2(4)5/h8H,1-7H2,(H2,11,12,13,14);3H,1H2,(H,4,5). The first-order valence-electron chi connectivity index (χ1n) is 6.31. The number of thiocarbonyl (C=S) groups is 1. The Balaban J connectivity index is 0.000000555. The van der Waals surface area contributed by atoms with Crippen molar-refractivity contribution in [2.75, 3.05) is 6.61 Å². The van der Waals surface area contributed by atoms with Gasteiger partial charge < -0.3 is 15.5 Å². The van der Waals surface area contributed by atoms with Crippen molar-refractivity contribution in [1.29, 1.82) is 0 Å². The van der Waals surface area contributed by atoms with Crippen molar-refractivity contribution in [2.45, 2.75) is 44.9 Å². The van der Waals surface area contributed by atoms with E-state index in [4.69, 9.17) is 15.0 Å². The first-order chi connectivity index (χ1) is 8.95. The van der Waals surface area contributed by atoms with Gasteiger partial charge >= 0.3 is 5.97 Å². The van der Waals surface area contributed by atoms with E-state index in [0.29, 0.717) is 6.42 Å². The Bertz CT molecular complexity index is 304. The fraction of sp³-hybridized carbons (Fsp3) is 0.750. The van der Waals surface area contributed by atoms with Crippen LogP contribution in [0.2, 0.25) is 0 Å². The molecule has 1 saturated carbocycles. The van der Waals surface area contributed by atoms with E-state index in [9.17, 15) is 4.79 Å². The van der Waals surface area contributed by atoms with E-state index >= 15 is 0 Å². The van der Waals surface area contributed by atoms with E-state index in [-0.39, 0.29) is 10.2 Å². The molecule has 1 rings (SSSR count). The second kappa shape index (κ2) is 11.2. The largest absolute Gasteiger partial charge is 0.480 e. The van der Waals surface area contributed by atoms with Crippen molar-refractivity contribution >= 4 is 41.0 Å². The molecule has 0 aromatic heterocycles. The zero-order valence-corrected chi connectivity index (χ0v) is 12.5. The lowest BCUT2D eigenvalue weighted by Crippen LogP contribution is -2.25. The predicted molar refractivity (Wildman–Crippen MR) is 80.3 cm³/mol. The van der Waals surface area contributed by atoms with Crippen LogP contribution in [0.3, 0.4) is 0 Å². The summed E-state index contributed by atoms with van der Waals surface area (Å²) in [7, 11) is 0. The molecule has 0 aromatic carbocycles. The number of carbonyl (C=O) groups is 2. The number of aliphatic carboxylic acids is 1. The zero-order chi connectivity index (χ0) is 14.7. The summed E-state index contributed by atoms with van der Waals surface area (Å²) in [4.78, 5) is 20.4. The van der Waals surface area contributed by atoms with Crippen molar-refractivity contribution in [3.05, 3.63) is 0 Å². The molecule has 1 aliphatic rings. The average Bonchev–Trinajstić information content (AvgIpc) is 2.37. The summed E-state index contributed by atoms with van der Waals surface area (Å²) in [5.74, 6) is -0.427. The fourth-order valence-electron chi connectivity index (χ4n) is 1.99. The Kier molecular flexibility index (Phi) is 10.8. The highest BCUT2D eigenvalue weighted by Crippen LogP contribution is 2.27. The number of thiol groups is 1. The highest BCUT2D eigenvalue weighted by Gasteiger charge is 2.14. The van der Waals surface area contributed by atoms with Crippen LogP contribution in [0.4, 0.5) is 0 Å². The monoisotopic (exact) mass is 307 g/mol. The van der Waals surface area contributed by atoms with Crippen LogP contribution in [-0.4, -0.2) is 33.0 Å². The van der Waals surface area contributed by atoms with Crippen LogP contribution in [0.15, 0.2) is 0 Å². The van der Waals surface area contributed by atoms with Crippen molar-refractivity contribution in [1.82, 2.24) is 5.32 Å². The molecule has 0 saturated heterocycles. The van der Waals surface area contributed by atoms with Gasteiger partial charge in [0.05, 0.1) is 0 Å². The van der Waals surface area contributed by atoms with Gasteiger partial charge in [-0.05, 0) is 12.3 Å². The third kappa shape index (κ3) is 12.1. The van der Waals surface area contributed by atoms with Gasteiger partial charge in [-0.3, -0.25) is 4.79 Å². The molecule has 0 bridgehead atoms. The predicted octanol–water partition coefficient (Wildman–Crippen LogP) is 1.74. The molecule has 0 heterocycles. The lowest BCUT2D eigenvalue weighted by molar-refractivity contribution is -0.140. The number of carboxylic acids is 1. The lowest BCUT2D eigenvalue weighted by atomic mass is 9.86. The third-order valence-corrected chi connectivity index (χ3v) is 3.10. The Morgan fingerprint density at radius 3 is 2.21 bits per heavy atom. The third-order valence-electron chi connectivity index (χ3n) is 2.89. The van der Waals surface area contributed by atoms with Gasteiger partial charge in [0.25, 0.3) is 0 Å². The summed E-state index contributed by atoms with van der Waals surface area (Å²) in [6.07, 6.45) is 8.20. The van der Waals surface area contributed by atoms with Gasteiger partial charge in [0, 0.05) is 6.42 Å². The van der Waals surface area contributed by atoms with Crippen molar-refractivity contribution in [3.8, 4) is 0 Å². The number of nitrogens with one attached hydrogen (secondary N) is 1. The summed E-state index contributed by atoms with van der Waals surface area (Å²) in [6.45, 7) is -0.778. The van der Waals surface area contributed by atoms with Gasteiger partial charge in [0.1, 0.15) is 10.9 Å². The van der Waals surface area contributed by atoms with E-state index in [1.165, 1.54) is 32.1 Å². The van der Waals surface area contributed by atoms with Gasteiger partial charge in [0.2, 0.25) is 5.91 Å². The second-order valence-corrected chi connectivity index (χ2v) is 5.61. The summed E-state index contributed by atoms with van der Waals surface area (Å²) >= 11 is 8.53. The minimum absolute atomic E-state index is 0.00979. The molecule has 1 aliphatic carbocycles. The number of rotatable bonds is 4. The summed E-state index contributed by atoms with van der Waals surface area (Å²) in [5.41, 5.74) is 0. The van der Waals surface area contributed by atoms with Gasteiger partial charge in [-0.2, -0.15) is 0 Å².